The summed E-state index contributed by atoms with van der Waals surface area (Å²) in [4.78, 5) is 38.3. The summed E-state index contributed by atoms with van der Waals surface area (Å²) in [5.41, 5.74) is 5.94. The molecule has 7 nitrogen and oxygen atoms in total. The van der Waals surface area contributed by atoms with Crippen LogP contribution < -0.4 is 20.5 Å². The summed E-state index contributed by atoms with van der Waals surface area (Å²) < 4.78 is 18.5. The van der Waals surface area contributed by atoms with Crippen molar-refractivity contribution in [2.45, 2.75) is 19.8 Å². The number of nitrogens with one attached hydrogen (secondary N) is 2. The van der Waals surface area contributed by atoms with E-state index in [1.54, 1.807) is 18.2 Å². The number of carbonyl (C=O) groups excluding carboxylic acids is 3. The Hall–Kier alpha value is -3.42. The van der Waals surface area contributed by atoms with Crippen LogP contribution in [-0.4, -0.2) is 30.9 Å². The van der Waals surface area contributed by atoms with E-state index < -0.39 is 17.7 Å². The molecule has 1 aliphatic heterocycles. The molecular weight excluding hydrogens is 377 g/mol. The minimum Gasteiger partial charge on any atom is -0.492 e. The van der Waals surface area contributed by atoms with Gasteiger partial charge in [-0.2, -0.15) is 0 Å². The molecule has 2 aromatic carbocycles. The second-order valence-corrected chi connectivity index (χ2v) is 6.65. The number of hydrazine groups is 1. The normalized spacial score (nSPS) is 15.9. The number of nitrogens with zero attached hydrogens (tertiary/aromatic N) is 1. The van der Waals surface area contributed by atoms with Crippen molar-refractivity contribution in [1.82, 2.24) is 10.9 Å². The Balaban J connectivity index is 1.55. The summed E-state index contributed by atoms with van der Waals surface area (Å²) in [5, 5.41) is 0. The molecule has 29 heavy (non-hydrogen) atoms. The zero-order valence-corrected chi connectivity index (χ0v) is 16.0. The lowest BCUT2D eigenvalue weighted by Crippen LogP contribution is -2.45. The maximum Gasteiger partial charge on any atom is 0.243 e. The van der Waals surface area contributed by atoms with Crippen LogP contribution in [0.25, 0.3) is 0 Å². The van der Waals surface area contributed by atoms with Gasteiger partial charge >= 0.3 is 0 Å². The fraction of sp³-hybridized carbons (Fsp3) is 0.286. The maximum absolute atomic E-state index is 12.9. The van der Waals surface area contributed by atoms with Crippen LogP contribution in [0, 0.1) is 11.7 Å². The third kappa shape index (κ3) is 5.10. The molecule has 1 aliphatic rings. The lowest BCUT2D eigenvalue weighted by Gasteiger charge is -2.20. The van der Waals surface area contributed by atoms with Crippen LogP contribution in [0.1, 0.15) is 18.9 Å². The highest BCUT2D eigenvalue weighted by Gasteiger charge is 2.36. The molecule has 1 atom stereocenters. The van der Waals surface area contributed by atoms with Gasteiger partial charge in [0.1, 0.15) is 11.6 Å². The third-order valence-corrected chi connectivity index (χ3v) is 4.55. The van der Waals surface area contributed by atoms with Gasteiger partial charge in [0.05, 0.1) is 24.6 Å². The maximum atomic E-state index is 12.9. The van der Waals surface area contributed by atoms with Crippen molar-refractivity contribution < 1.29 is 23.5 Å². The molecule has 0 bridgehead atoms. The van der Waals surface area contributed by atoms with E-state index in [4.69, 9.17) is 4.74 Å². The summed E-state index contributed by atoms with van der Waals surface area (Å²) in [5.74, 6) is -1.46. The SMILES string of the molecule is CCOc1ccccc1N1C[C@H](C(=O)NNC(=O)Cc2ccc(F)cc2)CC1=O. The van der Waals surface area contributed by atoms with Crippen LogP contribution in [0.5, 0.6) is 5.75 Å². The Bertz CT molecular complexity index is 901. The first-order chi connectivity index (χ1) is 14.0. The second-order valence-electron chi connectivity index (χ2n) is 6.65. The summed E-state index contributed by atoms with van der Waals surface area (Å²) in [6, 6.07) is 12.7. The van der Waals surface area contributed by atoms with Crippen LogP contribution >= 0.6 is 0 Å². The summed E-state index contributed by atoms with van der Waals surface area (Å²) in [6.07, 6.45) is 0.0398. The van der Waals surface area contributed by atoms with E-state index in [9.17, 15) is 18.8 Å². The molecule has 2 aromatic rings. The molecule has 0 aromatic heterocycles. The molecular formula is C21H22FN3O4. The van der Waals surface area contributed by atoms with E-state index in [-0.39, 0.29) is 31.1 Å². The van der Waals surface area contributed by atoms with Crippen LogP contribution in [0.2, 0.25) is 0 Å². The zero-order chi connectivity index (χ0) is 20.8. The molecule has 3 amide bonds. The number of hydrogen-bond donors (Lipinski definition) is 2. The Morgan fingerprint density at radius 3 is 2.59 bits per heavy atom. The molecule has 1 saturated heterocycles. The van der Waals surface area contributed by atoms with Gasteiger partial charge in [0.25, 0.3) is 0 Å². The van der Waals surface area contributed by atoms with Gasteiger partial charge in [-0.3, -0.25) is 25.2 Å². The number of carbonyl (C=O) groups is 3. The first-order valence-electron chi connectivity index (χ1n) is 9.33. The molecule has 0 unspecified atom stereocenters. The number of amides is 3. The first-order valence-corrected chi connectivity index (χ1v) is 9.33. The summed E-state index contributed by atoms with van der Waals surface area (Å²) >= 11 is 0. The van der Waals surface area contributed by atoms with Gasteiger partial charge in [0, 0.05) is 13.0 Å². The number of halogens is 1. The lowest BCUT2D eigenvalue weighted by atomic mass is 10.1. The van der Waals surface area contributed by atoms with Gasteiger partial charge in [-0.25, -0.2) is 4.39 Å². The summed E-state index contributed by atoms with van der Waals surface area (Å²) in [6.45, 7) is 2.51. The predicted molar refractivity (Wildman–Crippen MR) is 104 cm³/mol. The highest BCUT2D eigenvalue weighted by atomic mass is 19.1. The van der Waals surface area contributed by atoms with Gasteiger partial charge in [-0.15, -0.1) is 0 Å². The average Bonchev–Trinajstić information content (AvgIpc) is 3.10. The molecule has 1 fully saturated rings. The molecule has 1 heterocycles. The van der Waals surface area contributed by atoms with Crippen LogP contribution in [0.15, 0.2) is 48.5 Å². The zero-order valence-electron chi connectivity index (χ0n) is 16.0. The van der Waals surface area contributed by atoms with Gasteiger partial charge in [0.15, 0.2) is 0 Å². The number of rotatable bonds is 6. The van der Waals surface area contributed by atoms with Crippen molar-refractivity contribution in [3.63, 3.8) is 0 Å². The molecule has 0 saturated carbocycles. The van der Waals surface area contributed by atoms with E-state index in [0.29, 0.717) is 23.6 Å². The average molecular weight is 399 g/mol. The van der Waals surface area contributed by atoms with Crippen molar-refractivity contribution in [2.75, 3.05) is 18.1 Å². The number of anilines is 1. The summed E-state index contributed by atoms with van der Waals surface area (Å²) in [7, 11) is 0. The lowest BCUT2D eigenvalue weighted by molar-refractivity contribution is -0.131. The molecule has 152 valence electrons. The fourth-order valence-electron chi connectivity index (χ4n) is 3.14. The van der Waals surface area contributed by atoms with Crippen molar-refractivity contribution in [3.05, 3.63) is 59.9 Å². The minimum atomic E-state index is -0.594. The number of para-hydroxylation sites is 2. The number of benzene rings is 2. The van der Waals surface area contributed by atoms with Crippen LogP contribution in [0.3, 0.4) is 0 Å². The highest BCUT2D eigenvalue weighted by molar-refractivity contribution is 6.01. The smallest absolute Gasteiger partial charge is 0.243 e. The van der Waals surface area contributed by atoms with Crippen molar-refractivity contribution in [3.8, 4) is 5.75 Å². The van der Waals surface area contributed by atoms with Gasteiger partial charge in [-0.05, 0) is 36.8 Å². The molecule has 3 rings (SSSR count). The quantitative estimate of drug-likeness (QED) is 0.727. The molecule has 0 spiro atoms. The van der Waals surface area contributed by atoms with E-state index in [0.717, 1.165) is 0 Å². The van der Waals surface area contributed by atoms with E-state index in [1.807, 2.05) is 13.0 Å². The Kier molecular flexibility index (Phi) is 6.43. The van der Waals surface area contributed by atoms with Crippen molar-refractivity contribution in [2.24, 2.45) is 5.92 Å². The van der Waals surface area contributed by atoms with E-state index >= 15 is 0 Å². The monoisotopic (exact) mass is 399 g/mol. The molecule has 8 heteroatoms. The van der Waals surface area contributed by atoms with E-state index in [1.165, 1.54) is 29.2 Å². The number of hydrogen-bond acceptors (Lipinski definition) is 4. The second kappa shape index (κ2) is 9.18. The molecule has 0 radical (unpaired) electrons. The van der Waals surface area contributed by atoms with Crippen molar-refractivity contribution in [1.29, 1.82) is 0 Å². The highest BCUT2D eigenvalue weighted by Crippen LogP contribution is 2.33. The Morgan fingerprint density at radius 1 is 1.14 bits per heavy atom. The standard InChI is InChI=1S/C21H22FN3O4/c1-2-29-18-6-4-3-5-17(18)25-13-15(12-20(25)27)21(28)24-23-19(26)11-14-7-9-16(22)10-8-14/h3-10,15H,2,11-13H2,1H3,(H,23,26)(H,24,28)/t15-/m1/s1. The van der Waals surface area contributed by atoms with Gasteiger partial charge < -0.3 is 9.64 Å². The Morgan fingerprint density at radius 2 is 1.86 bits per heavy atom. The molecule has 0 aliphatic carbocycles. The fourth-order valence-corrected chi connectivity index (χ4v) is 3.14. The van der Waals surface area contributed by atoms with E-state index in [2.05, 4.69) is 10.9 Å². The largest absolute Gasteiger partial charge is 0.492 e. The Labute approximate surface area is 167 Å². The van der Waals surface area contributed by atoms with Crippen LogP contribution in [0.4, 0.5) is 10.1 Å². The van der Waals surface area contributed by atoms with Gasteiger partial charge in [-0.1, -0.05) is 24.3 Å². The topological polar surface area (TPSA) is 87.7 Å². The third-order valence-electron chi connectivity index (χ3n) is 4.55. The number of ether oxygens (including phenoxy) is 1. The van der Waals surface area contributed by atoms with Crippen LogP contribution in [-0.2, 0) is 20.8 Å². The predicted octanol–water partition coefficient (Wildman–Crippen LogP) is 1.97. The first kappa shape index (κ1) is 20.3. The molecule has 2 N–H and O–H groups in total. The minimum absolute atomic E-state index is 0.00197. The van der Waals surface area contributed by atoms with Crippen molar-refractivity contribution >= 4 is 23.4 Å². The van der Waals surface area contributed by atoms with Gasteiger partial charge in [0.2, 0.25) is 17.7 Å².